The fraction of sp³-hybridized carbons (Fsp3) is 0.409. The van der Waals surface area contributed by atoms with Crippen LogP contribution in [0.25, 0.3) is 0 Å². The molecule has 172 valence electrons. The Hall–Kier alpha value is -2.74. The number of carbonyl (C=O) groups excluding carboxylic acids is 1. The Morgan fingerprint density at radius 2 is 2.06 bits per heavy atom. The molecule has 3 N–H and O–H groups in total. The minimum absolute atomic E-state index is 0.0303. The van der Waals surface area contributed by atoms with Gasteiger partial charge in [-0.25, -0.2) is 9.88 Å². The van der Waals surface area contributed by atoms with E-state index in [0.29, 0.717) is 12.4 Å². The number of hydrogen-bond donors (Lipinski definition) is 2. The van der Waals surface area contributed by atoms with E-state index in [1.807, 2.05) is 30.3 Å². The molecule has 32 heavy (non-hydrogen) atoms. The highest BCUT2D eigenvalue weighted by molar-refractivity contribution is 7.45. The number of rotatable bonds is 10. The number of carbonyl (C=O) groups is 1. The van der Waals surface area contributed by atoms with E-state index in [1.165, 1.54) is 0 Å². The van der Waals surface area contributed by atoms with Gasteiger partial charge >= 0.3 is 20.2 Å². The van der Waals surface area contributed by atoms with E-state index in [0.717, 1.165) is 18.4 Å². The van der Waals surface area contributed by atoms with Crippen molar-refractivity contribution < 1.29 is 18.6 Å². The van der Waals surface area contributed by atoms with Crippen molar-refractivity contribution in [2.75, 3.05) is 18.9 Å². The van der Waals surface area contributed by atoms with Gasteiger partial charge in [0.1, 0.15) is 18.1 Å². The van der Waals surface area contributed by atoms with Crippen LogP contribution in [0.15, 0.2) is 59.5 Å². The number of hydrogen-bond acceptors (Lipinski definition) is 8. The summed E-state index contributed by atoms with van der Waals surface area (Å²) >= 11 is 0. The molecule has 1 aromatic carbocycles. The molecule has 0 saturated heterocycles. The monoisotopic (exact) mass is 460 g/mol. The average Bonchev–Trinajstić information content (AvgIpc) is 3.10. The molecule has 3 rings (SSSR count). The van der Waals surface area contributed by atoms with Crippen molar-refractivity contribution in [3.05, 3.63) is 65.2 Å². The van der Waals surface area contributed by atoms with Gasteiger partial charge in [0.25, 0.3) is 0 Å². The molecule has 1 aliphatic carbocycles. The number of aromatic nitrogens is 2. The van der Waals surface area contributed by atoms with Crippen LogP contribution in [0, 0.1) is 5.92 Å². The Bertz CT molecular complexity index is 982. The van der Waals surface area contributed by atoms with Gasteiger partial charge in [0.05, 0.1) is 18.8 Å². The number of para-hydroxylation sites is 1. The third kappa shape index (κ3) is 6.63. The molecule has 0 amide bonds. The van der Waals surface area contributed by atoms with E-state index < -0.39 is 14.2 Å². The topological polar surface area (TPSA) is 118 Å². The van der Waals surface area contributed by atoms with Crippen molar-refractivity contribution in [3.8, 4) is 5.75 Å². The van der Waals surface area contributed by atoms with E-state index in [4.69, 9.17) is 19.5 Å². The zero-order valence-electron chi connectivity index (χ0n) is 18.3. The van der Waals surface area contributed by atoms with E-state index in [2.05, 4.69) is 16.7 Å². The van der Waals surface area contributed by atoms with Crippen LogP contribution in [-0.2, 0) is 14.1 Å². The van der Waals surface area contributed by atoms with Gasteiger partial charge in [-0.1, -0.05) is 24.8 Å². The zero-order valence-corrected chi connectivity index (χ0v) is 19.2. The fourth-order valence-electron chi connectivity index (χ4n) is 3.45. The Labute approximate surface area is 188 Å². The van der Waals surface area contributed by atoms with Crippen LogP contribution in [-0.4, -0.2) is 34.8 Å². The Balaban J connectivity index is 1.61. The maximum Gasteiger partial charge on any atom is 0.350 e. The van der Waals surface area contributed by atoms with Crippen molar-refractivity contribution in [2.45, 2.75) is 38.8 Å². The third-order valence-corrected chi connectivity index (χ3v) is 6.15. The van der Waals surface area contributed by atoms with E-state index >= 15 is 0 Å². The van der Waals surface area contributed by atoms with Crippen molar-refractivity contribution in [1.82, 2.24) is 14.6 Å². The number of benzene rings is 1. The van der Waals surface area contributed by atoms with Gasteiger partial charge in [0.2, 0.25) is 0 Å². The number of nitrogens with two attached hydrogens (primary N) is 1. The smallest absolute Gasteiger partial charge is 0.350 e. The van der Waals surface area contributed by atoms with Gasteiger partial charge in [-0.3, -0.25) is 9.36 Å². The predicted molar refractivity (Wildman–Crippen MR) is 123 cm³/mol. The molecule has 0 bridgehead atoms. The average molecular weight is 460 g/mol. The number of anilines is 1. The molecular weight excluding hydrogens is 431 g/mol. The molecule has 0 radical (unpaired) electrons. The van der Waals surface area contributed by atoms with Crippen LogP contribution in [0.3, 0.4) is 0 Å². The lowest BCUT2D eigenvalue weighted by Crippen LogP contribution is -2.27. The Morgan fingerprint density at radius 1 is 1.31 bits per heavy atom. The standard InChI is InChI=1S/C22H29N4O5P/c1-15(2)30-21(27)13-24-32(31-18-7-5-4-6-8-18)29-14-17-9-10-19(16(17)3)26-12-11-20(23)25-22(26)28/h4-8,11-12,15,17,19,24H,3,9-10,13-14H2,1-2H3,(H2,23,25,28). The Kier molecular flexibility index (Phi) is 8.39. The van der Waals surface area contributed by atoms with E-state index in [1.54, 1.807) is 30.7 Å². The van der Waals surface area contributed by atoms with Crippen molar-refractivity contribution in [2.24, 2.45) is 5.92 Å². The molecular formula is C22H29N4O5P. The molecule has 1 aliphatic rings. The van der Waals surface area contributed by atoms with Crippen LogP contribution < -0.4 is 21.0 Å². The predicted octanol–water partition coefficient (Wildman–Crippen LogP) is 3.20. The van der Waals surface area contributed by atoms with E-state index in [-0.39, 0.29) is 36.4 Å². The molecule has 0 aliphatic heterocycles. The summed E-state index contributed by atoms with van der Waals surface area (Å²) in [7, 11) is -1.60. The molecule has 3 unspecified atom stereocenters. The van der Waals surface area contributed by atoms with Crippen LogP contribution >= 0.6 is 8.53 Å². The molecule has 1 saturated carbocycles. The molecule has 1 aromatic heterocycles. The van der Waals surface area contributed by atoms with Crippen molar-refractivity contribution >= 4 is 20.3 Å². The lowest BCUT2D eigenvalue weighted by atomic mass is 10.0. The van der Waals surface area contributed by atoms with Crippen LogP contribution in [0.5, 0.6) is 5.75 Å². The second-order valence-electron chi connectivity index (χ2n) is 7.74. The summed E-state index contributed by atoms with van der Waals surface area (Å²) in [6, 6.07) is 10.7. The van der Waals surface area contributed by atoms with Gasteiger partial charge in [0.15, 0.2) is 0 Å². The lowest BCUT2D eigenvalue weighted by Gasteiger charge is -2.22. The highest BCUT2D eigenvalue weighted by Crippen LogP contribution is 2.42. The maximum absolute atomic E-state index is 12.2. The summed E-state index contributed by atoms with van der Waals surface area (Å²) in [6.07, 6.45) is 3.02. The minimum Gasteiger partial charge on any atom is -0.462 e. The fourth-order valence-corrected chi connectivity index (χ4v) is 4.54. The molecule has 10 heteroatoms. The Morgan fingerprint density at radius 3 is 2.75 bits per heavy atom. The van der Waals surface area contributed by atoms with Crippen LogP contribution in [0.4, 0.5) is 5.82 Å². The maximum atomic E-state index is 12.2. The van der Waals surface area contributed by atoms with Gasteiger partial charge in [0, 0.05) is 12.1 Å². The summed E-state index contributed by atoms with van der Waals surface area (Å²) in [5, 5.41) is 3.01. The molecule has 1 fully saturated rings. The molecule has 9 nitrogen and oxygen atoms in total. The van der Waals surface area contributed by atoms with Crippen LogP contribution in [0.2, 0.25) is 0 Å². The summed E-state index contributed by atoms with van der Waals surface area (Å²) in [5.74, 6) is 0.484. The normalized spacial score (nSPS) is 19.2. The van der Waals surface area contributed by atoms with E-state index in [9.17, 15) is 9.59 Å². The first kappa shape index (κ1) is 23.9. The number of nitrogens with zero attached hydrogens (tertiary/aromatic N) is 2. The van der Waals surface area contributed by atoms with Gasteiger partial charge in [-0.2, -0.15) is 4.98 Å². The molecule has 1 heterocycles. The molecule has 3 atom stereocenters. The number of esters is 1. The molecule has 0 spiro atoms. The SMILES string of the molecule is C=C1C(COP(NCC(=O)OC(C)C)Oc2ccccc2)CCC1n1ccc(N)nc1=O. The second kappa shape index (κ2) is 11.2. The lowest BCUT2D eigenvalue weighted by molar-refractivity contribution is -0.145. The third-order valence-electron chi connectivity index (χ3n) is 4.97. The second-order valence-corrected chi connectivity index (χ2v) is 9.01. The minimum atomic E-state index is -1.60. The number of nitrogen functional groups attached to an aromatic ring is 1. The van der Waals surface area contributed by atoms with Gasteiger partial charge in [-0.05, 0) is 50.5 Å². The summed E-state index contributed by atoms with van der Waals surface area (Å²) < 4.78 is 18.7. The summed E-state index contributed by atoms with van der Waals surface area (Å²) in [5.41, 5.74) is 6.10. The zero-order chi connectivity index (χ0) is 23.1. The largest absolute Gasteiger partial charge is 0.462 e. The van der Waals surface area contributed by atoms with Gasteiger partial charge < -0.3 is 19.5 Å². The number of nitrogens with one attached hydrogen (secondary N) is 1. The summed E-state index contributed by atoms with van der Waals surface area (Å²) in [6.45, 7) is 8.10. The summed E-state index contributed by atoms with van der Waals surface area (Å²) in [4.78, 5) is 27.9. The highest BCUT2D eigenvalue weighted by atomic mass is 31.2. The van der Waals surface area contributed by atoms with Crippen molar-refractivity contribution in [3.63, 3.8) is 0 Å². The quantitative estimate of drug-likeness (QED) is 0.315. The first-order chi connectivity index (χ1) is 15.3. The highest BCUT2D eigenvalue weighted by Gasteiger charge is 2.32. The number of ether oxygens (including phenoxy) is 1. The van der Waals surface area contributed by atoms with Gasteiger partial charge in [-0.15, -0.1) is 0 Å². The first-order valence-electron chi connectivity index (χ1n) is 10.5. The molecule has 2 aromatic rings. The van der Waals surface area contributed by atoms with Crippen LogP contribution in [0.1, 0.15) is 32.7 Å². The first-order valence-corrected chi connectivity index (χ1v) is 11.6. The van der Waals surface area contributed by atoms with Crippen molar-refractivity contribution in [1.29, 1.82) is 0 Å².